The van der Waals surface area contributed by atoms with Crippen LogP contribution in [0.3, 0.4) is 0 Å². The largest absolute Gasteiger partial charge is 0.472 e. The Morgan fingerprint density at radius 2 is 0.937 bits per heavy atom. The molecule has 6 aromatic heterocycles. The number of nitrogens with one attached hydrogen (secondary N) is 2. The van der Waals surface area contributed by atoms with E-state index in [0.29, 0.717) is 0 Å². The lowest BCUT2D eigenvalue weighted by atomic mass is 10.2. The number of nitrogen functional groups attached to an aromatic ring is 2. The molecule has 6 aromatic rings. The summed E-state index contributed by atoms with van der Waals surface area (Å²) < 4.78 is 102. The number of nitrogens with zero attached hydrogens (tertiary/aromatic N) is 10. The number of hydrogen-bond donors (Lipinski definition) is 9. The standard InChI is InChI=1S/C40H51N14O22P3/c1-17-7-51(39(59)49-37(17)57)27-3-19(56)24(71-27)10-67-77(61,62)76-22-6-30(54-16-48-32-34(42)44-14-46-36(32)54)73-26(22)12-69-79(65,66)75-21-5-28(52-8-18(2)38(58)50-40(52)60)72-25(21)11-68-78(63,64)74-20-4-29(70-23(20)9-55)53-15-47-31-33(41)43-13-45-35(31)53/h7-8,13-16,19-30,55-56H,3-6,9-12H2,1-2H3,(H,61,62)(H,63,64)(H,65,66)(H2,41,43,45)(H2,42,44,46)(H,49,57,59)(H,50,58,60). The molecule has 36 nitrogen and oxygen atoms in total. The molecule has 0 bridgehead atoms. The van der Waals surface area contributed by atoms with Crippen LogP contribution in [0.4, 0.5) is 11.6 Å². The second-order valence-electron chi connectivity index (χ2n) is 18.6. The van der Waals surface area contributed by atoms with Crippen LogP contribution in [-0.4, -0.2) is 158 Å². The molecule has 4 saturated heterocycles. The minimum Gasteiger partial charge on any atom is -0.394 e. The summed E-state index contributed by atoms with van der Waals surface area (Å²) in [5.41, 5.74) is 9.85. The average Bonchev–Trinajstić information content (AvgIpc) is 4.47. The van der Waals surface area contributed by atoms with Gasteiger partial charge in [0.05, 0.1) is 45.2 Å². The highest BCUT2D eigenvalue weighted by Gasteiger charge is 2.48. The number of ether oxygens (including phenoxy) is 4. The number of aromatic amines is 2. The molecule has 0 spiro atoms. The molecule has 4 aliphatic heterocycles. The Labute approximate surface area is 441 Å². The fraction of sp³-hybridized carbons (Fsp3) is 0.550. The molecule has 0 aliphatic carbocycles. The highest BCUT2D eigenvalue weighted by atomic mass is 31.2. The van der Waals surface area contributed by atoms with Gasteiger partial charge in [-0.1, -0.05) is 0 Å². The lowest BCUT2D eigenvalue weighted by Gasteiger charge is -2.25. The van der Waals surface area contributed by atoms with E-state index >= 15 is 0 Å². The van der Waals surface area contributed by atoms with Gasteiger partial charge in [-0.05, 0) is 13.8 Å². The number of imidazole rings is 2. The van der Waals surface area contributed by atoms with Gasteiger partial charge < -0.3 is 55.3 Å². The van der Waals surface area contributed by atoms with Crippen LogP contribution in [0.1, 0.15) is 61.7 Å². The quantitative estimate of drug-likeness (QED) is 0.0395. The van der Waals surface area contributed by atoms with E-state index in [1.807, 2.05) is 0 Å². The van der Waals surface area contributed by atoms with E-state index in [1.54, 1.807) is 0 Å². The van der Waals surface area contributed by atoms with Crippen molar-refractivity contribution in [3.05, 3.63) is 90.5 Å². The van der Waals surface area contributed by atoms with Gasteiger partial charge >= 0.3 is 34.8 Å². The Kier molecular flexibility index (Phi) is 15.9. The number of nitrogens with two attached hydrogens (primary N) is 2. The van der Waals surface area contributed by atoms with Crippen molar-refractivity contribution in [2.75, 3.05) is 37.9 Å². The van der Waals surface area contributed by atoms with Crippen molar-refractivity contribution in [3.8, 4) is 0 Å². The van der Waals surface area contributed by atoms with Crippen LogP contribution in [0.15, 0.2) is 56.9 Å². The van der Waals surface area contributed by atoms with Gasteiger partial charge in [0.1, 0.15) is 91.3 Å². The molecule has 79 heavy (non-hydrogen) atoms. The second kappa shape index (κ2) is 22.2. The Hall–Kier alpha value is -5.85. The molecule has 10 heterocycles. The Bertz CT molecular complexity index is 3650. The van der Waals surface area contributed by atoms with Gasteiger partial charge in [-0.3, -0.25) is 65.0 Å². The number of aromatic nitrogens is 12. The van der Waals surface area contributed by atoms with Gasteiger partial charge in [0, 0.05) is 49.2 Å². The van der Waals surface area contributed by atoms with Crippen LogP contribution in [0, 0.1) is 13.8 Å². The number of aliphatic hydroxyl groups is 2. The number of phosphoric acid groups is 3. The zero-order valence-corrected chi connectivity index (χ0v) is 43.9. The first-order chi connectivity index (χ1) is 37.4. The fourth-order valence-corrected chi connectivity index (χ4v) is 12.2. The summed E-state index contributed by atoms with van der Waals surface area (Å²) in [5, 5.41) is 20.9. The second-order valence-corrected chi connectivity index (χ2v) is 22.8. The topological polar surface area (TPSA) is 494 Å². The lowest BCUT2D eigenvalue weighted by molar-refractivity contribution is -0.0631. The SMILES string of the molecule is Cc1cn(C2CC(O)C(COP(=O)(O)OC3CC(n4cnc5c(N)ncnc54)OC3COP(=O)(O)OC3CC(n4cc(C)c(=O)[nH]c4=O)OC3COP(=O)(O)OC3CC(n4cnc5c(N)ncnc54)OC3CO)O2)c(=O)[nH]c1=O. The van der Waals surface area contributed by atoms with Gasteiger partial charge in [0.15, 0.2) is 22.9 Å². The predicted molar refractivity (Wildman–Crippen MR) is 261 cm³/mol. The van der Waals surface area contributed by atoms with E-state index in [0.717, 1.165) is 21.7 Å². The number of anilines is 2. The maximum absolute atomic E-state index is 14.0. The normalized spacial score (nSPS) is 29.6. The zero-order valence-electron chi connectivity index (χ0n) is 41.2. The van der Waals surface area contributed by atoms with Gasteiger partial charge in [0.2, 0.25) is 0 Å². The summed E-state index contributed by atoms with van der Waals surface area (Å²) in [5.74, 6) is 0.0882. The van der Waals surface area contributed by atoms with E-state index < -0.39 is 153 Å². The number of aryl methyl sites for hydroxylation is 2. The van der Waals surface area contributed by atoms with Crippen molar-refractivity contribution >= 4 is 57.4 Å². The summed E-state index contributed by atoms with van der Waals surface area (Å²) in [6.45, 7) is -0.410. The van der Waals surface area contributed by atoms with Gasteiger partial charge in [-0.2, -0.15) is 0 Å². The van der Waals surface area contributed by atoms with Gasteiger partial charge in [-0.15, -0.1) is 0 Å². The van der Waals surface area contributed by atoms with E-state index in [-0.39, 0.29) is 64.4 Å². The van der Waals surface area contributed by atoms with Crippen molar-refractivity contribution in [2.24, 2.45) is 0 Å². The molecule has 39 heteroatoms. The van der Waals surface area contributed by atoms with Crippen LogP contribution >= 0.6 is 23.5 Å². The van der Waals surface area contributed by atoms with Crippen molar-refractivity contribution in [1.29, 1.82) is 0 Å². The van der Waals surface area contributed by atoms with Crippen LogP contribution in [0.5, 0.6) is 0 Å². The lowest BCUT2D eigenvalue weighted by Crippen LogP contribution is -2.33. The molecule has 11 N–H and O–H groups in total. The van der Waals surface area contributed by atoms with Gasteiger partial charge in [-0.25, -0.2) is 53.2 Å². The highest BCUT2D eigenvalue weighted by Crippen LogP contribution is 2.54. The number of phosphoric ester groups is 3. The van der Waals surface area contributed by atoms with Crippen LogP contribution in [-0.2, 0) is 59.8 Å². The predicted octanol–water partition coefficient (Wildman–Crippen LogP) is -1.44. The average molecular weight is 1170 g/mol. The molecule has 0 amide bonds. The maximum Gasteiger partial charge on any atom is 0.472 e. The van der Waals surface area contributed by atoms with Crippen molar-refractivity contribution < 1.29 is 84.7 Å². The number of H-pyrrole nitrogens is 2. The van der Waals surface area contributed by atoms with Crippen molar-refractivity contribution in [3.63, 3.8) is 0 Å². The first-order valence-electron chi connectivity index (χ1n) is 23.8. The summed E-state index contributed by atoms with van der Waals surface area (Å²) in [6, 6.07) is 0. The van der Waals surface area contributed by atoms with E-state index in [1.165, 1.54) is 48.2 Å². The van der Waals surface area contributed by atoms with Crippen LogP contribution < -0.4 is 34.0 Å². The molecule has 0 aromatic carbocycles. The summed E-state index contributed by atoms with van der Waals surface area (Å²) in [4.78, 5) is 112. The highest BCUT2D eigenvalue weighted by molar-refractivity contribution is 7.48. The Balaban J connectivity index is 0.829. The number of aliphatic hydroxyl groups excluding tert-OH is 2. The molecular formula is C40H51N14O22P3. The monoisotopic (exact) mass is 1170 g/mol. The summed E-state index contributed by atoms with van der Waals surface area (Å²) >= 11 is 0. The first-order valence-corrected chi connectivity index (χ1v) is 28.3. The van der Waals surface area contributed by atoms with E-state index in [9.17, 15) is 57.8 Å². The van der Waals surface area contributed by atoms with Crippen LogP contribution in [0.25, 0.3) is 22.3 Å². The third kappa shape index (κ3) is 12.1. The molecule has 15 unspecified atom stereocenters. The molecule has 0 saturated carbocycles. The van der Waals surface area contributed by atoms with Crippen molar-refractivity contribution in [1.82, 2.24) is 58.1 Å². The molecular weight excluding hydrogens is 1120 g/mol. The number of fused-ring (bicyclic) bond motifs is 2. The fourth-order valence-electron chi connectivity index (χ4n) is 9.32. The minimum absolute atomic E-state index is 0.00661. The van der Waals surface area contributed by atoms with Crippen molar-refractivity contribution in [2.45, 2.75) is 113 Å². The third-order valence-electron chi connectivity index (χ3n) is 13.2. The Morgan fingerprint density at radius 1 is 0.570 bits per heavy atom. The minimum atomic E-state index is -5.36. The summed E-state index contributed by atoms with van der Waals surface area (Å²) in [7, 11) is -15.7. The zero-order chi connectivity index (χ0) is 56.3. The Morgan fingerprint density at radius 3 is 1.37 bits per heavy atom. The molecule has 15 atom stereocenters. The first kappa shape index (κ1) is 56.4. The smallest absolute Gasteiger partial charge is 0.394 e. The molecule has 4 fully saturated rings. The van der Waals surface area contributed by atoms with Crippen LogP contribution in [0.2, 0.25) is 0 Å². The molecule has 4 aliphatic rings. The molecule has 428 valence electrons. The number of rotatable bonds is 20. The summed E-state index contributed by atoms with van der Waals surface area (Å²) in [6.07, 6.45) is -9.41. The van der Waals surface area contributed by atoms with E-state index in [4.69, 9.17) is 57.6 Å². The number of hydrogen-bond acceptors (Lipinski definition) is 27. The molecule has 10 rings (SSSR count). The van der Waals surface area contributed by atoms with E-state index in [2.05, 4.69) is 39.9 Å². The molecule has 0 radical (unpaired) electrons. The maximum atomic E-state index is 14.0. The van der Waals surface area contributed by atoms with Gasteiger partial charge in [0.25, 0.3) is 11.1 Å². The third-order valence-corrected chi connectivity index (χ3v) is 16.3.